The summed E-state index contributed by atoms with van der Waals surface area (Å²) >= 11 is 3.16. The lowest BCUT2D eigenvalue weighted by atomic mass is 10.0. The van der Waals surface area contributed by atoms with Crippen molar-refractivity contribution in [3.05, 3.63) is 28.0 Å². The summed E-state index contributed by atoms with van der Waals surface area (Å²) in [6, 6.07) is 1.68. The largest absolute Gasteiger partial charge is 0.292 e. The Hall–Kier alpha value is -1.23. The second-order valence-corrected chi connectivity index (χ2v) is 3.44. The van der Waals surface area contributed by atoms with Crippen molar-refractivity contribution in [3.8, 4) is 0 Å². The lowest BCUT2D eigenvalue weighted by Crippen LogP contribution is -2.37. The molecule has 1 aromatic rings. The van der Waals surface area contributed by atoms with E-state index in [0.717, 1.165) is 5.56 Å². The Morgan fingerprint density at radius 3 is 3.00 bits per heavy atom. The highest BCUT2D eigenvalue weighted by molar-refractivity contribution is 9.10. The van der Waals surface area contributed by atoms with Crippen LogP contribution < -0.4 is 5.32 Å². The molecule has 0 fully saturated rings. The van der Waals surface area contributed by atoms with Crippen molar-refractivity contribution in [3.63, 3.8) is 0 Å². The number of nitrogens with zero attached hydrogens (tertiary/aromatic N) is 1. The fourth-order valence-electron chi connectivity index (χ4n) is 1.27. The SMILES string of the molecule is O=C1Cc2ccnc(Br)c2C(=O)N1. The van der Waals surface area contributed by atoms with Crippen molar-refractivity contribution < 1.29 is 9.59 Å². The van der Waals surface area contributed by atoms with Gasteiger partial charge in [0.1, 0.15) is 4.60 Å². The van der Waals surface area contributed by atoms with Gasteiger partial charge in [-0.3, -0.25) is 14.9 Å². The number of imide groups is 1. The van der Waals surface area contributed by atoms with Gasteiger partial charge in [0.25, 0.3) is 5.91 Å². The van der Waals surface area contributed by atoms with Crippen LogP contribution >= 0.6 is 15.9 Å². The van der Waals surface area contributed by atoms with E-state index in [-0.39, 0.29) is 18.2 Å². The molecule has 0 atom stereocenters. The van der Waals surface area contributed by atoms with Crippen LogP contribution in [0.1, 0.15) is 15.9 Å². The number of halogens is 1. The van der Waals surface area contributed by atoms with E-state index in [1.807, 2.05) is 0 Å². The van der Waals surface area contributed by atoms with Crippen molar-refractivity contribution in [2.24, 2.45) is 0 Å². The maximum atomic E-state index is 11.3. The molecular formula is C8H5BrN2O2. The number of nitrogens with one attached hydrogen (secondary N) is 1. The third-order valence-electron chi connectivity index (χ3n) is 1.82. The van der Waals surface area contributed by atoms with Crippen molar-refractivity contribution in [1.29, 1.82) is 0 Å². The molecule has 5 heteroatoms. The van der Waals surface area contributed by atoms with Gasteiger partial charge in [0.2, 0.25) is 5.91 Å². The van der Waals surface area contributed by atoms with Crippen molar-refractivity contribution in [1.82, 2.24) is 10.3 Å². The molecule has 0 aliphatic carbocycles. The summed E-state index contributed by atoms with van der Waals surface area (Å²) in [7, 11) is 0. The molecule has 2 amide bonds. The normalized spacial score (nSPS) is 15.2. The molecule has 2 rings (SSSR count). The minimum Gasteiger partial charge on any atom is -0.292 e. The first-order valence-corrected chi connectivity index (χ1v) is 4.45. The molecule has 0 spiro atoms. The Bertz CT molecular complexity index is 403. The zero-order valence-electron chi connectivity index (χ0n) is 6.50. The van der Waals surface area contributed by atoms with Gasteiger partial charge in [-0.25, -0.2) is 4.98 Å². The van der Waals surface area contributed by atoms with Crippen LogP contribution in [0.4, 0.5) is 0 Å². The number of fused-ring (bicyclic) bond motifs is 1. The van der Waals surface area contributed by atoms with E-state index < -0.39 is 0 Å². The summed E-state index contributed by atoms with van der Waals surface area (Å²) in [6.07, 6.45) is 1.80. The smallest absolute Gasteiger partial charge is 0.260 e. The average Bonchev–Trinajstić information content (AvgIpc) is 2.02. The molecule has 1 N–H and O–H groups in total. The molecule has 66 valence electrons. The molecule has 0 bridgehead atoms. The van der Waals surface area contributed by atoms with E-state index in [0.29, 0.717) is 10.2 Å². The number of carbonyl (C=O) groups excluding carboxylic acids is 2. The van der Waals surface area contributed by atoms with Gasteiger partial charge in [0.05, 0.1) is 12.0 Å². The molecule has 1 aromatic heterocycles. The zero-order valence-corrected chi connectivity index (χ0v) is 8.09. The summed E-state index contributed by atoms with van der Waals surface area (Å²) in [5, 5.41) is 2.23. The Kier molecular flexibility index (Phi) is 1.88. The van der Waals surface area contributed by atoms with E-state index >= 15 is 0 Å². The Balaban J connectivity index is 2.61. The summed E-state index contributed by atoms with van der Waals surface area (Å²) in [5.74, 6) is -0.651. The quantitative estimate of drug-likeness (QED) is 0.536. The summed E-state index contributed by atoms with van der Waals surface area (Å²) in [4.78, 5) is 26.2. The number of amides is 2. The van der Waals surface area contributed by atoms with Gasteiger partial charge in [-0.1, -0.05) is 0 Å². The number of hydrogen-bond donors (Lipinski definition) is 1. The first-order valence-electron chi connectivity index (χ1n) is 3.66. The van der Waals surface area contributed by atoms with E-state index in [1.54, 1.807) is 12.3 Å². The highest BCUT2D eigenvalue weighted by atomic mass is 79.9. The van der Waals surface area contributed by atoms with Gasteiger partial charge < -0.3 is 0 Å². The van der Waals surface area contributed by atoms with Crippen molar-refractivity contribution in [2.75, 3.05) is 0 Å². The van der Waals surface area contributed by atoms with E-state index in [9.17, 15) is 9.59 Å². The predicted octanol–water partition coefficient (Wildman–Crippen LogP) is 0.657. The summed E-state index contributed by atoms with van der Waals surface area (Å²) in [6.45, 7) is 0. The van der Waals surface area contributed by atoms with Crippen LogP contribution in [-0.2, 0) is 11.2 Å². The van der Waals surface area contributed by atoms with E-state index in [2.05, 4.69) is 26.2 Å². The van der Waals surface area contributed by atoms with Crippen LogP contribution in [0, 0.1) is 0 Å². The Morgan fingerprint density at radius 1 is 1.46 bits per heavy atom. The molecule has 0 aromatic carbocycles. The minimum absolute atomic E-state index is 0.238. The number of rotatable bonds is 0. The molecule has 0 saturated heterocycles. The lowest BCUT2D eigenvalue weighted by Gasteiger charge is -2.15. The monoisotopic (exact) mass is 240 g/mol. The lowest BCUT2D eigenvalue weighted by molar-refractivity contribution is -0.119. The number of carbonyl (C=O) groups is 2. The second-order valence-electron chi connectivity index (χ2n) is 2.69. The standard InChI is InChI=1S/C8H5BrN2O2/c9-7-6-4(1-2-10-7)3-5(12)11-8(6)13/h1-2H,3H2,(H,11,12,13). The van der Waals surface area contributed by atoms with Gasteiger partial charge in [0, 0.05) is 6.20 Å². The molecule has 1 aliphatic heterocycles. The fraction of sp³-hybridized carbons (Fsp3) is 0.125. The van der Waals surface area contributed by atoms with Crippen LogP contribution in [0.2, 0.25) is 0 Å². The van der Waals surface area contributed by atoms with Crippen LogP contribution in [-0.4, -0.2) is 16.8 Å². The second kappa shape index (κ2) is 2.92. The third kappa shape index (κ3) is 1.35. The van der Waals surface area contributed by atoms with Gasteiger partial charge in [-0.05, 0) is 27.6 Å². The first-order chi connectivity index (χ1) is 6.18. The van der Waals surface area contributed by atoms with Gasteiger partial charge in [0.15, 0.2) is 0 Å². The molecule has 2 heterocycles. The average molecular weight is 241 g/mol. The molecule has 13 heavy (non-hydrogen) atoms. The van der Waals surface area contributed by atoms with E-state index in [4.69, 9.17) is 0 Å². The fourth-order valence-corrected chi connectivity index (χ4v) is 1.82. The van der Waals surface area contributed by atoms with Gasteiger partial charge in [-0.2, -0.15) is 0 Å². The van der Waals surface area contributed by atoms with Gasteiger partial charge in [-0.15, -0.1) is 0 Å². The highest BCUT2D eigenvalue weighted by Gasteiger charge is 2.24. The van der Waals surface area contributed by atoms with Crippen LogP contribution in [0.25, 0.3) is 0 Å². The summed E-state index contributed by atoms with van der Waals surface area (Å²) in [5.41, 5.74) is 1.18. The van der Waals surface area contributed by atoms with Crippen LogP contribution in [0.15, 0.2) is 16.9 Å². The Morgan fingerprint density at radius 2 is 2.23 bits per heavy atom. The highest BCUT2D eigenvalue weighted by Crippen LogP contribution is 2.20. The van der Waals surface area contributed by atoms with Crippen LogP contribution in [0.5, 0.6) is 0 Å². The first kappa shape index (κ1) is 8.37. The number of pyridine rings is 1. The molecular weight excluding hydrogens is 236 g/mol. The maximum Gasteiger partial charge on any atom is 0.260 e. The minimum atomic E-state index is -0.383. The van der Waals surface area contributed by atoms with Gasteiger partial charge >= 0.3 is 0 Å². The van der Waals surface area contributed by atoms with E-state index in [1.165, 1.54) is 0 Å². The molecule has 0 unspecified atom stereocenters. The van der Waals surface area contributed by atoms with Crippen molar-refractivity contribution in [2.45, 2.75) is 6.42 Å². The Labute approximate surface area is 82.5 Å². The number of aromatic nitrogens is 1. The maximum absolute atomic E-state index is 11.3. The molecule has 1 aliphatic rings. The molecule has 0 saturated carbocycles. The third-order valence-corrected chi connectivity index (χ3v) is 2.42. The summed E-state index contributed by atoms with van der Waals surface area (Å²) < 4.78 is 0.481. The topological polar surface area (TPSA) is 59.1 Å². The molecule has 4 nitrogen and oxygen atoms in total. The molecule has 0 radical (unpaired) electrons. The van der Waals surface area contributed by atoms with Crippen LogP contribution in [0.3, 0.4) is 0 Å². The predicted molar refractivity (Wildman–Crippen MR) is 48.1 cm³/mol. The number of hydrogen-bond acceptors (Lipinski definition) is 3. The zero-order chi connectivity index (χ0) is 9.42. The van der Waals surface area contributed by atoms with Crippen molar-refractivity contribution >= 4 is 27.7 Å².